The number of amides is 1. The van der Waals surface area contributed by atoms with Crippen molar-refractivity contribution < 1.29 is 17.6 Å². The first-order valence-corrected chi connectivity index (χ1v) is 10.2. The largest absolute Gasteiger partial charge is 0.451 e. The third-order valence-electron chi connectivity index (χ3n) is 4.77. The van der Waals surface area contributed by atoms with Crippen LogP contribution in [0.4, 0.5) is 0 Å². The number of nitrogens with one attached hydrogen (secondary N) is 1. The molecule has 2 aromatic rings. The molecule has 1 fully saturated rings. The van der Waals surface area contributed by atoms with E-state index in [2.05, 4.69) is 5.32 Å². The highest BCUT2D eigenvalue weighted by molar-refractivity contribution is 7.86. The lowest BCUT2D eigenvalue weighted by Gasteiger charge is -2.32. The normalized spacial score (nSPS) is 16.7. The van der Waals surface area contributed by atoms with Crippen molar-refractivity contribution >= 4 is 27.1 Å². The summed E-state index contributed by atoms with van der Waals surface area (Å²) in [5.74, 6) is -0.290. The van der Waals surface area contributed by atoms with Gasteiger partial charge in [0.15, 0.2) is 11.2 Å². The lowest BCUT2D eigenvalue weighted by molar-refractivity contribution is 0.0914. The fourth-order valence-corrected chi connectivity index (χ4v) is 4.25. The minimum Gasteiger partial charge on any atom is -0.451 e. The van der Waals surface area contributed by atoms with Gasteiger partial charge in [-0.15, -0.1) is 0 Å². The molecule has 0 bridgehead atoms. The summed E-state index contributed by atoms with van der Waals surface area (Å²) >= 11 is 0. The Morgan fingerprint density at radius 2 is 1.93 bits per heavy atom. The average Bonchev–Trinajstić information content (AvgIpc) is 2.66. The predicted octanol–water partition coefficient (Wildman–Crippen LogP) is 1.04. The molecule has 2 heterocycles. The monoisotopic (exact) mass is 393 g/mol. The lowest BCUT2D eigenvalue weighted by Crippen LogP contribution is -2.45. The number of benzene rings is 1. The molecule has 1 aliphatic rings. The molecule has 0 saturated carbocycles. The molecule has 9 heteroatoms. The Balaban J connectivity index is 1.59. The second kappa shape index (κ2) is 7.79. The predicted molar refractivity (Wildman–Crippen MR) is 102 cm³/mol. The summed E-state index contributed by atoms with van der Waals surface area (Å²) in [6.07, 6.45) is 1.32. The van der Waals surface area contributed by atoms with Crippen molar-refractivity contribution in [3.63, 3.8) is 0 Å². The summed E-state index contributed by atoms with van der Waals surface area (Å²) in [6, 6.07) is 7.97. The molecule has 1 amide bonds. The summed E-state index contributed by atoms with van der Waals surface area (Å²) in [4.78, 5) is 24.4. The van der Waals surface area contributed by atoms with E-state index >= 15 is 0 Å². The first-order chi connectivity index (χ1) is 12.8. The van der Waals surface area contributed by atoms with Gasteiger partial charge >= 0.3 is 0 Å². The molecule has 0 unspecified atom stereocenters. The topological polar surface area (TPSA) is 99.9 Å². The number of rotatable bonds is 5. The van der Waals surface area contributed by atoms with E-state index in [0.717, 1.165) is 0 Å². The van der Waals surface area contributed by atoms with Gasteiger partial charge in [-0.1, -0.05) is 12.1 Å². The van der Waals surface area contributed by atoms with E-state index in [-0.39, 0.29) is 17.1 Å². The first kappa shape index (κ1) is 19.5. The lowest BCUT2D eigenvalue weighted by atomic mass is 9.98. The van der Waals surface area contributed by atoms with Gasteiger partial charge in [0.05, 0.1) is 5.39 Å². The molecule has 0 atom stereocenters. The van der Waals surface area contributed by atoms with E-state index in [1.807, 2.05) is 0 Å². The molecule has 1 saturated heterocycles. The van der Waals surface area contributed by atoms with E-state index in [0.29, 0.717) is 43.4 Å². The van der Waals surface area contributed by atoms with E-state index in [4.69, 9.17) is 4.42 Å². The smallest absolute Gasteiger partial charge is 0.287 e. The third kappa shape index (κ3) is 4.20. The van der Waals surface area contributed by atoms with E-state index in [1.54, 1.807) is 24.3 Å². The number of hydrogen-bond donors (Lipinski definition) is 1. The quantitative estimate of drug-likeness (QED) is 0.818. The maximum absolute atomic E-state index is 12.3. The minimum absolute atomic E-state index is 0.0219. The number of nitrogens with zero attached hydrogens (tertiary/aromatic N) is 2. The molecule has 1 aliphatic heterocycles. The number of piperidine rings is 1. The van der Waals surface area contributed by atoms with Crippen LogP contribution in [0.1, 0.15) is 23.4 Å². The fourth-order valence-electron chi connectivity index (χ4n) is 3.12. The summed E-state index contributed by atoms with van der Waals surface area (Å²) in [5, 5.41) is 3.22. The average molecular weight is 393 g/mol. The number of fused-ring (bicyclic) bond motifs is 1. The van der Waals surface area contributed by atoms with Gasteiger partial charge in [0, 0.05) is 39.8 Å². The van der Waals surface area contributed by atoms with Crippen LogP contribution < -0.4 is 10.7 Å². The van der Waals surface area contributed by atoms with Crippen molar-refractivity contribution in [2.75, 3.05) is 33.7 Å². The summed E-state index contributed by atoms with van der Waals surface area (Å²) in [7, 11) is -0.368. The molecule has 1 N–H and O–H groups in total. The van der Waals surface area contributed by atoms with Crippen LogP contribution in [0.15, 0.2) is 39.5 Å². The molecule has 0 aliphatic carbocycles. The van der Waals surface area contributed by atoms with Crippen LogP contribution in [-0.4, -0.2) is 56.7 Å². The Hall–Kier alpha value is -2.23. The van der Waals surface area contributed by atoms with Gasteiger partial charge in [-0.3, -0.25) is 9.59 Å². The molecule has 0 radical (unpaired) electrons. The van der Waals surface area contributed by atoms with Crippen LogP contribution in [-0.2, 0) is 10.2 Å². The number of carbonyl (C=O) groups excluding carboxylic acids is 1. The zero-order valence-electron chi connectivity index (χ0n) is 15.3. The molecular weight excluding hydrogens is 370 g/mol. The zero-order chi connectivity index (χ0) is 19.6. The highest BCUT2D eigenvalue weighted by Crippen LogP contribution is 2.20. The van der Waals surface area contributed by atoms with Gasteiger partial charge < -0.3 is 9.73 Å². The van der Waals surface area contributed by atoms with Crippen molar-refractivity contribution in [3.05, 3.63) is 46.3 Å². The van der Waals surface area contributed by atoms with E-state index < -0.39 is 16.1 Å². The highest BCUT2D eigenvalue weighted by Gasteiger charge is 2.29. The van der Waals surface area contributed by atoms with Crippen LogP contribution in [0.3, 0.4) is 0 Å². The molecule has 1 aromatic carbocycles. The van der Waals surface area contributed by atoms with Gasteiger partial charge in [0.25, 0.3) is 16.1 Å². The van der Waals surface area contributed by atoms with Crippen molar-refractivity contribution in [3.8, 4) is 0 Å². The van der Waals surface area contributed by atoms with Gasteiger partial charge in [-0.05, 0) is 30.9 Å². The van der Waals surface area contributed by atoms with Crippen LogP contribution in [0.2, 0.25) is 0 Å². The number of para-hydroxylation sites is 1. The second-order valence-electron chi connectivity index (χ2n) is 6.81. The minimum atomic E-state index is -3.39. The summed E-state index contributed by atoms with van der Waals surface area (Å²) in [5.41, 5.74) is 0.113. The van der Waals surface area contributed by atoms with Crippen molar-refractivity contribution in [1.82, 2.24) is 13.9 Å². The van der Waals surface area contributed by atoms with Crippen LogP contribution in [0.25, 0.3) is 11.0 Å². The third-order valence-corrected chi connectivity index (χ3v) is 6.71. The Bertz CT molecular complexity index is 991. The Labute approximate surface area is 157 Å². The Morgan fingerprint density at radius 1 is 1.26 bits per heavy atom. The van der Waals surface area contributed by atoms with Gasteiger partial charge in [-0.25, -0.2) is 0 Å². The number of carbonyl (C=O) groups is 1. The standard InChI is InChI=1S/C18H23N3O5S/c1-20(2)27(24,25)21-9-7-13(8-10-21)12-19-18(23)17-11-15(22)14-5-3-4-6-16(14)26-17/h3-6,11,13H,7-10,12H2,1-2H3,(H,19,23). The molecule has 0 spiro atoms. The van der Waals surface area contributed by atoms with Crippen molar-refractivity contribution in [1.29, 1.82) is 0 Å². The maximum atomic E-state index is 12.3. The molecule has 1 aromatic heterocycles. The van der Waals surface area contributed by atoms with Crippen LogP contribution in [0, 0.1) is 5.92 Å². The summed E-state index contributed by atoms with van der Waals surface area (Å²) in [6.45, 7) is 1.25. The molecule has 27 heavy (non-hydrogen) atoms. The second-order valence-corrected chi connectivity index (χ2v) is 8.96. The zero-order valence-corrected chi connectivity index (χ0v) is 16.2. The molecular formula is C18H23N3O5S. The van der Waals surface area contributed by atoms with Gasteiger partial charge in [0.1, 0.15) is 5.58 Å². The fraction of sp³-hybridized carbons (Fsp3) is 0.444. The van der Waals surface area contributed by atoms with E-state index in [1.165, 1.54) is 28.8 Å². The van der Waals surface area contributed by atoms with Crippen LogP contribution in [0.5, 0.6) is 0 Å². The SMILES string of the molecule is CN(C)S(=O)(=O)N1CCC(CNC(=O)c2cc(=O)c3ccccc3o2)CC1. The maximum Gasteiger partial charge on any atom is 0.287 e. The molecule has 146 valence electrons. The Kier molecular flexibility index (Phi) is 5.64. The molecule has 8 nitrogen and oxygen atoms in total. The van der Waals surface area contributed by atoms with E-state index in [9.17, 15) is 18.0 Å². The summed E-state index contributed by atoms with van der Waals surface area (Å²) < 4.78 is 32.4. The molecule has 3 rings (SSSR count). The number of hydrogen-bond acceptors (Lipinski definition) is 5. The van der Waals surface area contributed by atoms with Crippen molar-refractivity contribution in [2.24, 2.45) is 5.92 Å². The van der Waals surface area contributed by atoms with Gasteiger partial charge in [-0.2, -0.15) is 17.0 Å². The highest BCUT2D eigenvalue weighted by atomic mass is 32.2. The van der Waals surface area contributed by atoms with Crippen LogP contribution >= 0.6 is 0 Å². The first-order valence-electron chi connectivity index (χ1n) is 8.77. The van der Waals surface area contributed by atoms with Gasteiger partial charge in [0.2, 0.25) is 0 Å². The Morgan fingerprint density at radius 3 is 2.59 bits per heavy atom. The van der Waals surface area contributed by atoms with Crippen molar-refractivity contribution in [2.45, 2.75) is 12.8 Å².